The van der Waals surface area contributed by atoms with Crippen LogP contribution in [0.2, 0.25) is 0 Å². The number of hydrogen-bond donors (Lipinski definition) is 1. The first-order valence-electron chi connectivity index (χ1n) is 8.41. The number of ether oxygens (including phenoxy) is 2. The molecular formula is C19H20N2O6S. The van der Waals surface area contributed by atoms with E-state index >= 15 is 0 Å². The summed E-state index contributed by atoms with van der Waals surface area (Å²) < 4.78 is 10.2. The van der Waals surface area contributed by atoms with Crippen molar-refractivity contribution in [2.75, 3.05) is 26.0 Å². The molecule has 0 spiro atoms. The third kappa shape index (κ3) is 6.92. The van der Waals surface area contributed by atoms with Gasteiger partial charge in [0.15, 0.2) is 6.61 Å². The van der Waals surface area contributed by atoms with E-state index in [-0.39, 0.29) is 24.0 Å². The van der Waals surface area contributed by atoms with Gasteiger partial charge in [-0.2, -0.15) is 0 Å². The number of non-ortho nitro benzene ring substituents is 1. The van der Waals surface area contributed by atoms with Crippen LogP contribution in [0.1, 0.15) is 5.56 Å². The minimum Gasteiger partial charge on any atom is -0.496 e. The van der Waals surface area contributed by atoms with Gasteiger partial charge < -0.3 is 14.8 Å². The van der Waals surface area contributed by atoms with Crippen LogP contribution in [0.3, 0.4) is 0 Å². The molecule has 9 heteroatoms. The second-order valence-corrected chi connectivity index (χ2v) is 6.66. The van der Waals surface area contributed by atoms with Crippen LogP contribution >= 0.6 is 11.8 Å². The molecule has 28 heavy (non-hydrogen) atoms. The molecule has 2 aromatic rings. The highest BCUT2D eigenvalue weighted by molar-refractivity contribution is 8.00. The molecule has 0 bridgehead atoms. The maximum absolute atomic E-state index is 11.8. The monoisotopic (exact) mass is 404 g/mol. The van der Waals surface area contributed by atoms with E-state index in [1.807, 2.05) is 24.3 Å². The van der Waals surface area contributed by atoms with Gasteiger partial charge in [0.2, 0.25) is 0 Å². The average molecular weight is 404 g/mol. The number of carbonyl (C=O) groups is 2. The normalized spacial score (nSPS) is 10.2. The third-order valence-corrected chi connectivity index (χ3v) is 4.66. The minimum absolute atomic E-state index is 0.00626. The zero-order chi connectivity index (χ0) is 20.4. The fourth-order valence-corrected chi connectivity index (χ4v) is 2.99. The number of thioether (sulfide) groups is 1. The molecule has 0 fully saturated rings. The Morgan fingerprint density at radius 3 is 2.54 bits per heavy atom. The summed E-state index contributed by atoms with van der Waals surface area (Å²) in [5, 5.41) is 13.3. The van der Waals surface area contributed by atoms with Gasteiger partial charge >= 0.3 is 5.97 Å². The van der Waals surface area contributed by atoms with Crippen molar-refractivity contribution in [1.82, 2.24) is 5.32 Å². The summed E-state index contributed by atoms with van der Waals surface area (Å²) in [4.78, 5) is 34.3. The van der Waals surface area contributed by atoms with Crippen molar-refractivity contribution < 1.29 is 24.0 Å². The molecule has 0 radical (unpaired) electrons. The number of para-hydroxylation sites is 1. The molecule has 0 aromatic heterocycles. The van der Waals surface area contributed by atoms with Gasteiger partial charge in [0.1, 0.15) is 5.75 Å². The first-order valence-corrected chi connectivity index (χ1v) is 9.39. The molecule has 8 nitrogen and oxygen atoms in total. The number of nitrogens with one attached hydrogen (secondary N) is 1. The third-order valence-electron chi connectivity index (χ3n) is 3.68. The number of nitro benzene ring substituents is 1. The van der Waals surface area contributed by atoms with Crippen LogP contribution in [0.25, 0.3) is 0 Å². The van der Waals surface area contributed by atoms with Gasteiger partial charge in [-0.1, -0.05) is 18.2 Å². The summed E-state index contributed by atoms with van der Waals surface area (Å²) >= 11 is 1.18. The van der Waals surface area contributed by atoms with E-state index in [4.69, 9.17) is 9.47 Å². The van der Waals surface area contributed by atoms with E-state index in [1.54, 1.807) is 19.2 Å². The Bertz CT molecular complexity index is 825. The van der Waals surface area contributed by atoms with Crippen molar-refractivity contribution in [1.29, 1.82) is 0 Å². The van der Waals surface area contributed by atoms with Crippen molar-refractivity contribution in [2.45, 2.75) is 11.3 Å². The zero-order valence-corrected chi connectivity index (χ0v) is 16.1. The average Bonchev–Trinajstić information content (AvgIpc) is 2.71. The fourth-order valence-electron chi connectivity index (χ4n) is 2.29. The molecule has 1 N–H and O–H groups in total. The quantitative estimate of drug-likeness (QED) is 0.281. The second kappa shape index (κ2) is 10.9. The Kier molecular flexibility index (Phi) is 8.29. The maximum Gasteiger partial charge on any atom is 0.316 e. The molecule has 0 aliphatic heterocycles. The molecule has 0 aliphatic rings. The van der Waals surface area contributed by atoms with Crippen LogP contribution in [0, 0.1) is 10.1 Å². The van der Waals surface area contributed by atoms with Crippen molar-refractivity contribution in [2.24, 2.45) is 0 Å². The van der Waals surface area contributed by atoms with Gasteiger partial charge in [-0.3, -0.25) is 19.7 Å². The summed E-state index contributed by atoms with van der Waals surface area (Å²) in [7, 11) is 1.59. The van der Waals surface area contributed by atoms with Crippen molar-refractivity contribution in [3.05, 3.63) is 64.2 Å². The van der Waals surface area contributed by atoms with Crippen LogP contribution in [-0.2, 0) is 20.7 Å². The van der Waals surface area contributed by atoms with E-state index in [9.17, 15) is 19.7 Å². The van der Waals surface area contributed by atoms with Gasteiger partial charge in [0.25, 0.3) is 11.6 Å². The lowest BCUT2D eigenvalue weighted by atomic mass is 10.1. The lowest BCUT2D eigenvalue weighted by Gasteiger charge is -2.09. The maximum atomic E-state index is 11.8. The number of benzene rings is 2. The summed E-state index contributed by atoms with van der Waals surface area (Å²) in [5.41, 5.74) is 0.957. The summed E-state index contributed by atoms with van der Waals surface area (Å²) in [5.74, 6) is -0.162. The van der Waals surface area contributed by atoms with Gasteiger partial charge in [0.05, 0.1) is 17.8 Å². The second-order valence-electron chi connectivity index (χ2n) is 5.61. The van der Waals surface area contributed by atoms with Gasteiger partial charge in [0, 0.05) is 23.6 Å². The Balaban J connectivity index is 1.65. The number of nitrogens with zero attached hydrogens (tertiary/aromatic N) is 1. The summed E-state index contributed by atoms with van der Waals surface area (Å²) in [6.07, 6.45) is 0.597. The highest BCUT2D eigenvalue weighted by atomic mass is 32.2. The molecule has 0 heterocycles. The predicted octanol–water partition coefficient (Wildman–Crippen LogP) is 2.60. The first kappa shape index (κ1) is 21.2. The number of nitro groups is 1. The standard InChI is InChI=1S/C19H20N2O6S/c1-26-17-5-3-2-4-14(17)10-11-20-18(22)12-27-19(23)13-28-16-8-6-15(7-9-16)21(24)25/h2-9H,10-13H2,1H3,(H,20,22). The molecule has 2 rings (SSSR count). The van der Waals surface area contributed by atoms with Crippen LogP contribution in [0.15, 0.2) is 53.4 Å². The van der Waals surface area contributed by atoms with E-state index < -0.39 is 10.9 Å². The molecule has 1 amide bonds. The smallest absolute Gasteiger partial charge is 0.316 e. The molecule has 0 unspecified atom stereocenters. The fraction of sp³-hybridized carbons (Fsp3) is 0.263. The van der Waals surface area contributed by atoms with Crippen molar-refractivity contribution >= 4 is 29.3 Å². The zero-order valence-electron chi connectivity index (χ0n) is 15.3. The highest BCUT2D eigenvalue weighted by Crippen LogP contribution is 2.21. The minimum atomic E-state index is -0.539. The van der Waals surface area contributed by atoms with Crippen LogP contribution < -0.4 is 10.1 Å². The Hall–Kier alpha value is -3.07. The van der Waals surface area contributed by atoms with Crippen LogP contribution in [0.4, 0.5) is 5.69 Å². The van der Waals surface area contributed by atoms with Crippen molar-refractivity contribution in [3.63, 3.8) is 0 Å². The van der Waals surface area contributed by atoms with E-state index in [0.717, 1.165) is 11.3 Å². The SMILES string of the molecule is COc1ccccc1CCNC(=O)COC(=O)CSc1ccc([N+](=O)[O-])cc1. The molecule has 0 saturated heterocycles. The highest BCUT2D eigenvalue weighted by Gasteiger charge is 2.10. The van der Waals surface area contributed by atoms with Crippen molar-refractivity contribution in [3.8, 4) is 5.75 Å². The Labute approximate surface area is 166 Å². The molecule has 2 aromatic carbocycles. The van der Waals surface area contributed by atoms with Gasteiger partial charge in [-0.25, -0.2) is 0 Å². The van der Waals surface area contributed by atoms with E-state index in [0.29, 0.717) is 17.9 Å². The van der Waals surface area contributed by atoms with Gasteiger partial charge in [-0.05, 0) is 30.2 Å². The van der Waals surface area contributed by atoms with E-state index in [1.165, 1.54) is 23.9 Å². The Morgan fingerprint density at radius 2 is 1.86 bits per heavy atom. The first-order chi connectivity index (χ1) is 13.5. The van der Waals surface area contributed by atoms with E-state index in [2.05, 4.69) is 5.32 Å². The lowest BCUT2D eigenvalue weighted by Crippen LogP contribution is -2.30. The summed E-state index contributed by atoms with van der Waals surface area (Å²) in [6, 6.07) is 13.4. The summed E-state index contributed by atoms with van der Waals surface area (Å²) in [6.45, 7) is 0.0415. The molecule has 0 saturated carbocycles. The van der Waals surface area contributed by atoms with Crippen LogP contribution in [-0.4, -0.2) is 42.8 Å². The van der Waals surface area contributed by atoms with Gasteiger partial charge in [-0.15, -0.1) is 11.8 Å². The predicted molar refractivity (Wildman–Crippen MR) is 104 cm³/mol. The van der Waals surface area contributed by atoms with Crippen LogP contribution in [0.5, 0.6) is 5.75 Å². The number of rotatable bonds is 10. The molecule has 0 aliphatic carbocycles. The number of amides is 1. The lowest BCUT2D eigenvalue weighted by molar-refractivity contribution is -0.384. The molecular weight excluding hydrogens is 384 g/mol. The number of esters is 1. The number of methoxy groups -OCH3 is 1. The number of carbonyl (C=O) groups excluding carboxylic acids is 2. The number of hydrogen-bond acceptors (Lipinski definition) is 7. The Morgan fingerprint density at radius 1 is 1.14 bits per heavy atom. The molecule has 148 valence electrons. The topological polar surface area (TPSA) is 108 Å². The largest absolute Gasteiger partial charge is 0.496 e. The molecule has 0 atom stereocenters.